The summed E-state index contributed by atoms with van der Waals surface area (Å²) >= 11 is 0. The Bertz CT molecular complexity index is 1570. The van der Waals surface area contributed by atoms with Crippen molar-refractivity contribution in [2.75, 3.05) is 19.8 Å². The number of fused-ring (bicyclic) bond motifs is 1. The van der Waals surface area contributed by atoms with Crippen molar-refractivity contribution in [3.05, 3.63) is 126 Å². The third-order valence-corrected chi connectivity index (χ3v) is 7.14. The van der Waals surface area contributed by atoms with Gasteiger partial charge in [-0.25, -0.2) is 0 Å². The smallest absolute Gasteiger partial charge is 0.303 e. The molecule has 5 aromatic rings. The molecule has 1 heterocycles. The highest BCUT2D eigenvalue weighted by Gasteiger charge is 2.20. The number of aliphatic hydroxyl groups is 3. The van der Waals surface area contributed by atoms with Gasteiger partial charge in [0.25, 0.3) is 0 Å². The Labute approximate surface area is 251 Å². The number of carbonyl (C=O) groups is 1. The molecule has 8 heteroatoms. The monoisotopic (exact) mass is 582 g/mol. The van der Waals surface area contributed by atoms with Gasteiger partial charge in [-0.05, 0) is 84.5 Å². The minimum Gasteiger partial charge on any atom is -0.481 e. The van der Waals surface area contributed by atoms with E-state index in [1.807, 2.05) is 54.6 Å². The molecule has 0 saturated carbocycles. The fourth-order valence-electron chi connectivity index (χ4n) is 4.54. The Morgan fingerprint density at radius 3 is 1.91 bits per heavy atom. The van der Waals surface area contributed by atoms with E-state index >= 15 is 0 Å². The molecular formula is C35H38N2O6. The van der Waals surface area contributed by atoms with Gasteiger partial charge in [0, 0.05) is 23.7 Å². The van der Waals surface area contributed by atoms with Crippen LogP contribution in [0.4, 0.5) is 0 Å². The molecule has 0 aliphatic heterocycles. The van der Waals surface area contributed by atoms with Crippen LogP contribution in [-0.2, 0) is 24.1 Å². The lowest BCUT2D eigenvalue weighted by molar-refractivity contribution is -0.136. The number of aryl methyl sites for hydroxylation is 3. The number of carboxylic acid groups (broad SMARTS) is 1. The highest BCUT2D eigenvalue weighted by molar-refractivity contribution is 5.86. The number of aliphatic hydroxyl groups excluding tert-OH is 3. The summed E-state index contributed by atoms with van der Waals surface area (Å²) in [7, 11) is 0. The number of hydrogen-bond donors (Lipinski definition) is 5. The lowest BCUT2D eigenvalue weighted by Gasteiger charge is -2.20. The summed E-state index contributed by atoms with van der Waals surface area (Å²) in [4.78, 5) is 11.1. The zero-order chi connectivity index (χ0) is 30.7. The van der Waals surface area contributed by atoms with Crippen molar-refractivity contribution >= 4 is 16.9 Å². The van der Waals surface area contributed by atoms with Gasteiger partial charge in [-0.3, -0.25) is 4.79 Å². The van der Waals surface area contributed by atoms with E-state index in [0.29, 0.717) is 6.42 Å². The van der Waals surface area contributed by atoms with Crippen LogP contribution >= 0.6 is 0 Å². The number of carboxylic acids is 1. The van der Waals surface area contributed by atoms with E-state index in [4.69, 9.17) is 30.9 Å². The molecule has 0 amide bonds. The van der Waals surface area contributed by atoms with Crippen LogP contribution in [0.5, 0.6) is 11.5 Å². The molecule has 0 aliphatic carbocycles. The summed E-state index contributed by atoms with van der Waals surface area (Å²) in [6.45, 7) is -1.21. The number of nitrogens with zero attached hydrogens (tertiary/aromatic N) is 1. The van der Waals surface area contributed by atoms with Crippen molar-refractivity contribution in [2.45, 2.75) is 31.2 Å². The van der Waals surface area contributed by atoms with Crippen molar-refractivity contribution in [3.63, 3.8) is 0 Å². The SMILES string of the molecule is NC(CO)(CO)CO.O=C(O)CCc1ccc2c(c1)c(CCc1ccccc1)cn2-c1ccc(Oc2ccccc2)cc1. The zero-order valence-corrected chi connectivity index (χ0v) is 24.0. The van der Waals surface area contributed by atoms with Crippen LogP contribution in [0.15, 0.2) is 109 Å². The first-order valence-corrected chi connectivity index (χ1v) is 14.2. The molecule has 0 atom stereocenters. The molecule has 224 valence electrons. The van der Waals surface area contributed by atoms with Gasteiger partial charge in [-0.1, -0.05) is 54.6 Å². The zero-order valence-electron chi connectivity index (χ0n) is 24.0. The number of nitrogens with two attached hydrogens (primary N) is 1. The van der Waals surface area contributed by atoms with E-state index in [-0.39, 0.29) is 6.42 Å². The molecule has 5 rings (SSSR count). The third kappa shape index (κ3) is 8.76. The first-order chi connectivity index (χ1) is 20.8. The maximum Gasteiger partial charge on any atom is 0.303 e. The average Bonchev–Trinajstić information content (AvgIpc) is 3.42. The van der Waals surface area contributed by atoms with Crippen LogP contribution in [0.2, 0.25) is 0 Å². The third-order valence-electron chi connectivity index (χ3n) is 7.14. The fourth-order valence-corrected chi connectivity index (χ4v) is 4.54. The topological polar surface area (TPSA) is 138 Å². The summed E-state index contributed by atoms with van der Waals surface area (Å²) in [5.74, 6) is 0.824. The van der Waals surface area contributed by atoms with Crippen LogP contribution in [0.3, 0.4) is 0 Å². The minimum atomic E-state index is -1.21. The summed E-state index contributed by atoms with van der Waals surface area (Å²) in [5, 5.41) is 35.3. The van der Waals surface area contributed by atoms with Gasteiger partial charge in [0.05, 0.1) is 30.9 Å². The minimum absolute atomic E-state index is 0.133. The maximum atomic E-state index is 11.1. The van der Waals surface area contributed by atoms with Gasteiger partial charge in [0.1, 0.15) is 11.5 Å². The molecule has 0 unspecified atom stereocenters. The normalized spacial score (nSPS) is 11.2. The molecule has 0 bridgehead atoms. The first kappa shape index (κ1) is 31.5. The van der Waals surface area contributed by atoms with Crippen LogP contribution in [0.1, 0.15) is 23.1 Å². The molecule has 0 fully saturated rings. The Hall–Kier alpha value is -4.47. The van der Waals surface area contributed by atoms with Crippen LogP contribution < -0.4 is 10.5 Å². The molecule has 6 N–H and O–H groups in total. The van der Waals surface area contributed by atoms with Gasteiger partial charge in [-0.15, -0.1) is 0 Å². The van der Waals surface area contributed by atoms with E-state index in [1.54, 1.807) is 0 Å². The predicted octanol–water partition coefficient (Wildman–Crippen LogP) is 4.89. The van der Waals surface area contributed by atoms with Crippen molar-refractivity contribution in [1.29, 1.82) is 0 Å². The predicted molar refractivity (Wildman–Crippen MR) is 168 cm³/mol. The number of hydrogen-bond acceptors (Lipinski definition) is 6. The molecule has 0 aliphatic rings. The number of para-hydroxylation sites is 1. The van der Waals surface area contributed by atoms with Crippen LogP contribution in [0.25, 0.3) is 16.6 Å². The van der Waals surface area contributed by atoms with Gasteiger partial charge < -0.3 is 35.5 Å². The van der Waals surface area contributed by atoms with E-state index in [0.717, 1.165) is 41.1 Å². The lowest BCUT2D eigenvalue weighted by Crippen LogP contribution is -2.50. The number of aliphatic carboxylic acids is 1. The Morgan fingerprint density at radius 1 is 0.721 bits per heavy atom. The fraction of sp³-hybridized carbons (Fsp3) is 0.229. The quantitative estimate of drug-likeness (QED) is 0.141. The lowest BCUT2D eigenvalue weighted by atomic mass is 10.0. The molecule has 4 aromatic carbocycles. The summed E-state index contributed by atoms with van der Waals surface area (Å²) in [5.41, 5.74) is 9.71. The van der Waals surface area contributed by atoms with Crippen LogP contribution in [0, 0.1) is 0 Å². The molecule has 1 aromatic heterocycles. The molecule has 0 radical (unpaired) electrons. The van der Waals surface area contributed by atoms with Crippen molar-refractivity contribution in [3.8, 4) is 17.2 Å². The largest absolute Gasteiger partial charge is 0.481 e. The first-order valence-electron chi connectivity index (χ1n) is 14.2. The van der Waals surface area contributed by atoms with Gasteiger partial charge in [0.2, 0.25) is 0 Å². The van der Waals surface area contributed by atoms with E-state index in [2.05, 4.69) is 59.3 Å². The molecule has 0 spiro atoms. The highest BCUT2D eigenvalue weighted by Crippen LogP contribution is 2.29. The highest BCUT2D eigenvalue weighted by atomic mass is 16.5. The average molecular weight is 583 g/mol. The Kier molecular flexibility index (Phi) is 11.1. The Balaban J connectivity index is 0.000000467. The maximum absolute atomic E-state index is 11.1. The van der Waals surface area contributed by atoms with E-state index in [9.17, 15) is 4.79 Å². The second-order valence-corrected chi connectivity index (χ2v) is 10.5. The van der Waals surface area contributed by atoms with Crippen molar-refractivity contribution < 1.29 is 30.0 Å². The van der Waals surface area contributed by atoms with E-state index < -0.39 is 31.3 Å². The number of ether oxygens (including phenoxy) is 1. The Morgan fingerprint density at radius 2 is 1.33 bits per heavy atom. The summed E-state index contributed by atoms with van der Waals surface area (Å²) in [6.07, 6.45) is 4.73. The van der Waals surface area contributed by atoms with Crippen molar-refractivity contribution in [2.24, 2.45) is 5.73 Å². The second kappa shape index (κ2) is 15.1. The standard InChI is InChI=1S/C31H27NO3.C4H11NO3/c33-31(34)20-13-24-12-19-30-29(21-24)25(14-11-23-7-3-1-4-8-23)22-32(30)26-15-17-28(18-16-26)35-27-9-5-2-6-10-27;5-4(1-6,2-7)3-8/h1-10,12,15-19,21-22H,11,13-14,20H2,(H,33,34);6-8H,1-3,5H2. The second-order valence-electron chi connectivity index (χ2n) is 10.5. The summed E-state index contributed by atoms with van der Waals surface area (Å²) in [6, 6.07) is 34.6. The number of benzene rings is 4. The molecule has 43 heavy (non-hydrogen) atoms. The van der Waals surface area contributed by atoms with E-state index in [1.165, 1.54) is 16.5 Å². The van der Waals surface area contributed by atoms with Crippen molar-refractivity contribution in [1.82, 2.24) is 4.57 Å². The molecule has 0 saturated heterocycles. The molecular weight excluding hydrogens is 544 g/mol. The number of rotatable bonds is 12. The number of aromatic nitrogens is 1. The van der Waals surface area contributed by atoms with Crippen LogP contribution in [-0.4, -0.2) is 56.3 Å². The van der Waals surface area contributed by atoms with Gasteiger partial charge in [0.15, 0.2) is 0 Å². The van der Waals surface area contributed by atoms with Gasteiger partial charge in [-0.2, -0.15) is 0 Å². The summed E-state index contributed by atoms with van der Waals surface area (Å²) < 4.78 is 8.17. The molecule has 8 nitrogen and oxygen atoms in total. The van der Waals surface area contributed by atoms with Gasteiger partial charge >= 0.3 is 5.97 Å².